The molecule has 1 heterocycles. The van der Waals surface area contributed by atoms with Crippen molar-refractivity contribution in [2.24, 2.45) is 5.92 Å². The van der Waals surface area contributed by atoms with Gasteiger partial charge in [0.1, 0.15) is 0 Å². The Balaban J connectivity index is 2.22. The van der Waals surface area contributed by atoms with Crippen LogP contribution in [0.3, 0.4) is 0 Å². The Labute approximate surface area is 127 Å². The molecular weight excluding hydrogens is 262 g/mol. The van der Waals surface area contributed by atoms with Gasteiger partial charge in [-0.3, -0.25) is 9.78 Å². The molecule has 1 aromatic rings. The number of nitrogens with zero attached hydrogens (tertiary/aromatic N) is 2. The van der Waals surface area contributed by atoms with Crippen LogP contribution >= 0.6 is 0 Å². The van der Waals surface area contributed by atoms with Gasteiger partial charge in [0.25, 0.3) is 5.91 Å². The summed E-state index contributed by atoms with van der Waals surface area (Å²) >= 11 is 0. The normalized spacial score (nSPS) is 21.9. The van der Waals surface area contributed by atoms with Crippen LogP contribution in [0.15, 0.2) is 12.3 Å². The SMILES string of the molecule is CCNc1cc(C)ncc1C(=O)N(C)C1CCCCC1C. The van der Waals surface area contributed by atoms with Gasteiger partial charge in [-0.25, -0.2) is 0 Å². The largest absolute Gasteiger partial charge is 0.385 e. The molecule has 1 saturated carbocycles. The number of hydrogen-bond acceptors (Lipinski definition) is 3. The van der Waals surface area contributed by atoms with Crippen LogP contribution in [0.25, 0.3) is 0 Å². The smallest absolute Gasteiger partial charge is 0.257 e. The number of anilines is 1. The number of hydrogen-bond donors (Lipinski definition) is 1. The lowest BCUT2D eigenvalue weighted by molar-refractivity contribution is 0.0629. The minimum Gasteiger partial charge on any atom is -0.385 e. The third kappa shape index (κ3) is 3.55. The fourth-order valence-electron chi connectivity index (χ4n) is 3.28. The number of amides is 1. The summed E-state index contributed by atoms with van der Waals surface area (Å²) in [4.78, 5) is 19.1. The molecule has 4 nitrogen and oxygen atoms in total. The van der Waals surface area contributed by atoms with Gasteiger partial charge in [0.15, 0.2) is 0 Å². The summed E-state index contributed by atoms with van der Waals surface area (Å²) in [5.74, 6) is 0.658. The molecule has 4 heteroatoms. The molecule has 1 N–H and O–H groups in total. The highest BCUT2D eigenvalue weighted by Gasteiger charge is 2.29. The number of aromatic nitrogens is 1. The van der Waals surface area contributed by atoms with Gasteiger partial charge >= 0.3 is 0 Å². The van der Waals surface area contributed by atoms with Crippen LogP contribution in [0.4, 0.5) is 5.69 Å². The van der Waals surface area contributed by atoms with Gasteiger partial charge < -0.3 is 10.2 Å². The molecule has 1 fully saturated rings. The fourth-order valence-corrected chi connectivity index (χ4v) is 3.28. The van der Waals surface area contributed by atoms with Gasteiger partial charge in [-0.15, -0.1) is 0 Å². The van der Waals surface area contributed by atoms with Crippen LogP contribution in [0.2, 0.25) is 0 Å². The van der Waals surface area contributed by atoms with Crippen LogP contribution < -0.4 is 5.32 Å². The lowest BCUT2D eigenvalue weighted by atomic mass is 9.85. The minimum absolute atomic E-state index is 0.0807. The van der Waals surface area contributed by atoms with Gasteiger partial charge in [0.2, 0.25) is 0 Å². The summed E-state index contributed by atoms with van der Waals surface area (Å²) in [6.07, 6.45) is 6.54. The highest BCUT2D eigenvalue weighted by atomic mass is 16.2. The van der Waals surface area contributed by atoms with Gasteiger partial charge in [-0.1, -0.05) is 19.8 Å². The topological polar surface area (TPSA) is 45.2 Å². The fraction of sp³-hybridized carbons (Fsp3) is 0.647. The molecule has 116 valence electrons. The Morgan fingerprint density at radius 1 is 1.43 bits per heavy atom. The molecule has 1 aliphatic carbocycles. The van der Waals surface area contributed by atoms with E-state index in [0.29, 0.717) is 17.5 Å². The zero-order valence-corrected chi connectivity index (χ0v) is 13.6. The molecule has 0 spiro atoms. The van der Waals surface area contributed by atoms with Gasteiger partial charge in [0.05, 0.1) is 11.3 Å². The maximum Gasteiger partial charge on any atom is 0.257 e. The summed E-state index contributed by atoms with van der Waals surface area (Å²) in [5, 5.41) is 3.28. The second-order valence-corrected chi connectivity index (χ2v) is 6.15. The van der Waals surface area contributed by atoms with Gasteiger partial charge in [-0.2, -0.15) is 0 Å². The first-order valence-electron chi connectivity index (χ1n) is 8.02. The van der Waals surface area contributed by atoms with Crippen molar-refractivity contribution in [1.29, 1.82) is 0 Å². The summed E-state index contributed by atoms with van der Waals surface area (Å²) in [6, 6.07) is 2.30. The van der Waals surface area contributed by atoms with Crippen LogP contribution in [-0.4, -0.2) is 35.4 Å². The minimum atomic E-state index is 0.0807. The molecule has 2 rings (SSSR count). The molecule has 0 bridgehead atoms. The number of pyridine rings is 1. The lowest BCUT2D eigenvalue weighted by Crippen LogP contribution is -2.42. The van der Waals surface area contributed by atoms with E-state index in [0.717, 1.165) is 24.3 Å². The van der Waals surface area contributed by atoms with Crippen molar-refractivity contribution in [3.63, 3.8) is 0 Å². The Bertz CT molecular complexity index is 501. The Morgan fingerprint density at radius 2 is 2.14 bits per heavy atom. The van der Waals surface area contributed by atoms with E-state index in [1.54, 1.807) is 6.20 Å². The second-order valence-electron chi connectivity index (χ2n) is 6.15. The summed E-state index contributed by atoms with van der Waals surface area (Å²) in [5.41, 5.74) is 2.50. The first-order valence-corrected chi connectivity index (χ1v) is 8.02. The van der Waals surface area contributed by atoms with E-state index in [4.69, 9.17) is 0 Å². The second kappa shape index (κ2) is 6.92. The van der Waals surface area contributed by atoms with Crippen LogP contribution in [-0.2, 0) is 0 Å². The average molecular weight is 289 g/mol. The molecule has 1 aliphatic rings. The van der Waals surface area contributed by atoms with Crippen molar-refractivity contribution in [2.45, 2.75) is 52.5 Å². The number of carbonyl (C=O) groups is 1. The van der Waals surface area contributed by atoms with E-state index in [1.807, 2.05) is 31.9 Å². The van der Waals surface area contributed by atoms with E-state index in [2.05, 4.69) is 17.2 Å². The van der Waals surface area contributed by atoms with Crippen LogP contribution in [0, 0.1) is 12.8 Å². The Kier molecular flexibility index (Phi) is 5.21. The predicted molar refractivity (Wildman–Crippen MR) is 86.7 cm³/mol. The zero-order valence-electron chi connectivity index (χ0n) is 13.6. The summed E-state index contributed by atoms with van der Waals surface area (Å²) in [7, 11) is 1.93. The number of rotatable bonds is 4. The summed E-state index contributed by atoms with van der Waals surface area (Å²) < 4.78 is 0. The van der Waals surface area contributed by atoms with Crippen molar-refractivity contribution in [2.75, 3.05) is 18.9 Å². The van der Waals surface area contributed by atoms with Gasteiger partial charge in [0, 0.05) is 31.5 Å². The zero-order chi connectivity index (χ0) is 15.4. The van der Waals surface area contributed by atoms with Gasteiger partial charge in [-0.05, 0) is 38.7 Å². The Morgan fingerprint density at radius 3 is 2.81 bits per heavy atom. The van der Waals surface area contributed by atoms with E-state index in [1.165, 1.54) is 19.3 Å². The molecule has 0 aromatic carbocycles. The summed E-state index contributed by atoms with van der Waals surface area (Å²) in [6.45, 7) is 7.04. The lowest BCUT2D eigenvalue weighted by Gasteiger charge is -2.36. The van der Waals surface area contributed by atoms with Crippen molar-refractivity contribution in [3.8, 4) is 0 Å². The highest BCUT2D eigenvalue weighted by molar-refractivity contribution is 5.99. The molecule has 1 aromatic heterocycles. The van der Waals surface area contributed by atoms with E-state index in [9.17, 15) is 4.79 Å². The van der Waals surface area contributed by atoms with E-state index >= 15 is 0 Å². The van der Waals surface area contributed by atoms with E-state index in [-0.39, 0.29) is 5.91 Å². The maximum absolute atomic E-state index is 12.8. The van der Waals surface area contributed by atoms with Crippen molar-refractivity contribution in [3.05, 3.63) is 23.5 Å². The third-order valence-corrected chi connectivity index (χ3v) is 4.52. The van der Waals surface area contributed by atoms with Crippen molar-refractivity contribution >= 4 is 11.6 Å². The average Bonchev–Trinajstić information content (AvgIpc) is 2.47. The highest BCUT2D eigenvalue weighted by Crippen LogP contribution is 2.29. The molecule has 0 aliphatic heterocycles. The van der Waals surface area contributed by atoms with Crippen LogP contribution in [0.1, 0.15) is 55.6 Å². The quantitative estimate of drug-likeness (QED) is 0.923. The standard InChI is InChI=1S/C17H27N3O/c1-5-18-15-10-13(3)19-11-14(15)17(21)20(4)16-9-7-6-8-12(16)2/h10-12,16H,5-9H2,1-4H3,(H,18,19). The number of aryl methyl sites for hydroxylation is 1. The van der Waals surface area contributed by atoms with Crippen LogP contribution in [0.5, 0.6) is 0 Å². The molecule has 2 atom stereocenters. The molecule has 1 amide bonds. The first-order chi connectivity index (χ1) is 10.0. The molecule has 21 heavy (non-hydrogen) atoms. The van der Waals surface area contributed by atoms with Crippen molar-refractivity contribution < 1.29 is 4.79 Å². The van der Waals surface area contributed by atoms with Crippen molar-refractivity contribution in [1.82, 2.24) is 9.88 Å². The molecule has 0 saturated heterocycles. The molecule has 0 radical (unpaired) electrons. The number of carbonyl (C=O) groups excluding carboxylic acids is 1. The number of nitrogens with one attached hydrogen (secondary N) is 1. The first kappa shape index (κ1) is 15.8. The third-order valence-electron chi connectivity index (χ3n) is 4.52. The maximum atomic E-state index is 12.8. The molecular formula is C17H27N3O. The predicted octanol–water partition coefficient (Wildman–Crippen LogP) is 3.47. The monoisotopic (exact) mass is 289 g/mol. The Hall–Kier alpha value is -1.58. The molecule has 2 unspecified atom stereocenters. The van der Waals surface area contributed by atoms with E-state index < -0.39 is 0 Å².